The van der Waals surface area contributed by atoms with E-state index in [1.807, 2.05) is 6.92 Å². The first-order chi connectivity index (χ1) is 7.10. The van der Waals surface area contributed by atoms with Crippen molar-refractivity contribution in [3.05, 3.63) is 0 Å². The first kappa shape index (κ1) is 12.0. The van der Waals surface area contributed by atoms with E-state index in [9.17, 15) is 9.59 Å². The van der Waals surface area contributed by atoms with E-state index in [0.29, 0.717) is 6.42 Å². The lowest BCUT2D eigenvalue weighted by Gasteiger charge is -2.25. The third kappa shape index (κ3) is 2.68. The van der Waals surface area contributed by atoms with Crippen LogP contribution in [0.15, 0.2) is 0 Å². The van der Waals surface area contributed by atoms with Crippen LogP contribution in [0.5, 0.6) is 0 Å². The fraction of sp³-hybridized carbons (Fsp3) is 0.800. The quantitative estimate of drug-likeness (QED) is 0.681. The Morgan fingerprint density at radius 3 is 2.73 bits per heavy atom. The molecule has 0 saturated carbocycles. The van der Waals surface area contributed by atoms with Gasteiger partial charge in [0.2, 0.25) is 5.91 Å². The minimum Gasteiger partial charge on any atom is -0.481 e. The molecule has 0 radical (unpaired) electrons. The number of aliphatic carboxylic acids is 1. The molecule has 2 atom stereocenters. The molecule has 1 amide bonds. The highest BCUT2D eigenvalue weighted by Crippen LogP contribution is 2.22. The number of carbonyl (C=O) groups excluding carboxylic acids is 1. The standard InChI is InChI=1S/C10H17NO4/c1-2-3-8(6-12)11-5-7(10(14)15)4-9(11)13/h7-8,12H,2-6H2,1H3,(H,14,15). The van der Waals surface area contributed by atoms with Crippen LogP contribution in [0.25, 0.3) is 0 Å². The van der Waals surface area contributed by atoms with Crippen LogP contribution >= 0.6 is 0 Å². The van der Waals surface area contributed by atoms with Gasteiger partial charge in [0, 0.05) is 13.0 Å². The summed E-state index contributed by atoms with van der Waals surface area (Å²) in [6.45, 7) is 2.11. The Kier molecular flexibility index (Phi) is 4.08. The van der Waals surface area contributed by atoms with E-state index in [0.717, 1.165) is 6.42 Å². The van der Waals surface area contributed by atoms with Crippen molar-refractivity contribution in [2.24, 2.45) is 5.92 Å². The second-order valence-electron chi connectivity index (χ2n) is 3.91. The molecule has 2 N–H and O–H groups in total. The van der Waals surface area contributed by atoms with Gasteiger partial charge in [0.05, 0.1) is 18.6 Å². The van der Waals surface area contributed by atoms with Crippen LogP contribution < -0.4 is 0 Å². The summed E-state index contributed by atoms with van der Waals surface area (Å²) < 4.78 is 0. The lowest BCUT2D eigenvalue weighted by atomic mass is 10.1. The first-order valence-corrected chi connectivity index (χ1v) is 5.23. The molecular weight excluding hydrogens is 198 g/mol. The minimum absolute atomic E-state index is 0.0650. The average Bonchev–Trinajstić information content (AvgIpc) is 2.57. The second-order valence-corrected chi connectivity index (χ2v) is 3.91. The van der Waals surface area contributed by atoms with E-state index in [1.54, 1.807) is 0 Å². The van der Waals surface area contributed by atoms with Crippen LogP contribution in [0.4, 0.5) is 0 Å². The summed E-state index contributed by atoms with van der Waals surface area (Å²) in [4.78, 5) is 23.7. The summed E-state index contributed by atoms with van der Waals surface area (Å²) >= 11 is 0. The van der Waals surface area contributed by atoms with Crippen molar-refractivity contribution in [1.82, 2.24) is 4.90 Å². The summed E-state index contributed by atoms with van der Waals surface area (Å²) in [5.41, 5.74) is 0. The first-order valence-electron chi connectivity index (χ1n) is 5.23. The van der Waals surface area contributed by atoms with Crippen molar-refractivity contribution in [2.45, 2.75) is 32.2 Å². The Balaban J connectivity index is 2.62. The molecule has 5 heteroatoms. The fourth-order valence-corrected chi connectivity index (χ4v) is 1.93. The highest BCUT2D eigenvalue weighted by Gasteiger charge is 2.37. The molecule has 86 valence electrons. The van der Waals surface area contributed by atoms with Gasteiger partial charge in [0.1, 0.15) is 0 Å². The normalized spacial score (nSPS) is 23.2. The van der Waals surface area contributed by atoms with Gasteiger partial charge in [0.25, 0.3) is 0 Å². The number of aliphatic hydroxyl groups is 1. The molecular formula is C10H17NO4. The van der Waals surface area contributed by atoms with Crippen LogP contribution in [0, 0.1) is 5.92 Å². The number of likely N-dealkylation sites (tertiary alicyclic amines) is 1. The number of amides is 1. The Morgan fingerprint density at radius 1 is 1.67 bits per heavy atom. The predicted molar refractivity (Wildman–Crippen MR) is 53.2 cm³/mol. The molecule has 0 bridgehead atoms. The van der Waals surface area contributed by atoms with Gasteiger partial charge in [-0.25, -0.2) is 0 Å². The van der Waals surface area contributed by atoms with Crippen molar-refractivity contribution in [3.63, 3.8) is 0 Å². The number of carboxylic acid groups (broad SMARTS) is 1. The third-order valence-electron chi connectivity index (χ3n) is 2.78. The number of nitrogens with zero attached hydrogens (tertiary/aromatic N) is 1. The number of carbonyl (C=O) groups is 2. The van der Waals surface area contributed by atoms with E-state index in [1.165, 1.54) is 4.90 Å². The minimum atomic E-state index is -0.931. The molecule has 1 fully saturated rings. The van der Waals surface area contributed by atoms with E-state index in [4.69, 9.17) is 10.2 Å². The lowest BCUT2D eigenvalue weighted by molar-refractivity contribution is -0.141. The topological polar surface area (TPSA) is 77.8 Å². The van der Waals surface area contributed by atoms with Crippen LogP contribution in [0.2, 0.25) is 0 Å². The molecule has 0 aromatic rings. The van der Waals surface area contributed by atoms with Gasteiger partial charge in [-0.15, -0.1) is 0 Å². The predicted octanol–water partition coefficient (Wildman–Crippen LogP) is 0.0805. The smallest absolute Gasteiger partial charge is 0.308 e. The monoisotopic (exact) mass is 215 g/mol. The summed E-state index contributed by atoms with van der Waals surface area (Å²) in [5.74, 6) is -1.70. The van der Waals surface area contributed by atoms with Crippen LogP contribution in [-0.4, -0.2) is 46.2 Å². The van der Waals surface area contributed by atoms with Crippen molar-refractivity contribution in [1.29, 1.82) is 0 Å². The highest BCUT2D eigenvalue weighted by molar-refractivity contribution is 5.86. The molecule has 1 saturated heterocycles. The van der Waals surface area contributed by atoms with Gasteiger partial charge in [0.15, 0.2) is 0 Å². The lowest BCUT2D eigenvalue weighted by Crippen LogP contribution is -2.39. The van der Waals surface area contributed by atoms with Gasteiger partial charge in [-0.05, 0) is 6.42 Å². The number of hydrogen-bond acceptors (Lipinski definition) is 3. The molecule has 15 heavy (non-hydrogen) atoms. The molecule has 1 heterocycles. The third-order valence-corrected chi connectivity index (χ3v) is 2.78. The van der Waals surface area contributed by atoms with Crippen LogP contribution in [0.1, 0.15) is 26.2 Å². The Hall–Kier alpha value is -1.10. The summed E-state index contributed by atoms with van der Waals surface area (Å²) in [5, 5.41) is 17.9. The number of hydrogen-bond donors (Lipinski definition) is 2. The van der Waals surface area contributed by atoms with Crippen molar-refractivity contribution >= 4 is 11.9 Å². The fourth-order valence-electron chi connectivity index (χ4n) is 1.93. The maximum Gasteiger partial charge on any atom is 0.308 e. The molecule has 0 aliphatic carbocycles. The number of carboxylic acids is 1. The van der Waals surface area contributed by atoms with E-state index < -0.39 is 11.9 Å². The van der Waals surface area contributed by atoms with E-state index >= 15 is 0 Å². The van der Waals surface area contributed by atoms with Gasteiger partial charge in [-0.1, -0.05) is 13.3 Å². The maximum atomic E-state index is 11.5. The molecule has 1 aliphatic rings. The zero-order valence-corrected chi connectivity index (χ0v) is 8.85. The summed E-state index contributed by atoms with van der Waals surface area (Å²) in [6.07, 6.45) is 1.65. The zero-order valence-electron chi connectivity index (χ0n) is 8.85. The molecule has 1 rings (SSSR count). The molecule has 1 aliphatic heterocycles. The summed E-state index contributed by atoms with van der Waals surface area (Å²) in [6, 6.07) is -0.216. The van der Waals surface area contributed by atoms with Crippen LogP contribution in [-0.2, 0) is 9.59 Å². The highest BCUT2D eigenvalue weighted by atomic mass is 16.4. The molecule has 2 unspecified atom stereocenters. The Morgan fingerprint density at radius 2 is 2.33 bits per heavy atom. The van der Waals surface area contributed by atoms with Gasteiger partial charge in [-0.3, -0.25) is 9.59 Å². The van der Waals surface area contributed by atoms with Gasteiger partial charge < -0.3 is 15.1 Å². The maximum absolute atomic E-state index is 11.5. The zero-order chi connectivity index (χ0) is 11.4. The van der Waals surface area contributed by atoms with E-state index in [2.05, 4.69) is 0 Å². The SMILES string of the molecule is CCCC(CO)N1CC(C(=O)O)CC1=O. The van der Waals surface area contributed by atoms with Crippen LogP contribution in [0.3, 0.4) is 0 Å². The van der Waals surface area contributed by atoms with Crippen molar-refractivity contribution < 1.29 is 19.8 Å². The number of aliphatic hydroxyl groups excluding tert-OH is 1. The average molecular weight is 215 g/mol. The van der Waals surface area contributed by atoms with Gasteiger partial charge >= 0.3 is 5.97 Å². The molecule has 0 aromatic carbocycles. The van der Waals surface area contributed by atoms with Crippen molar-refractivity contribution in [2.75, 3.05) is 13.2 Å². The Labute approximate surface area is 88.7 Å². The van der Waals surface area contributed by atoms with Gasteiger partial charge in [-0.2, -0.15) is 0 Å². The largest absolute Gasteiger partial charge is 0.481 e. The van der Waals surface area contributed by atoms with E-state index in [-0.39, 0.29) is 31.5 Å². The molecule has 0 spiro atoms. The molecule has 5 nitrogen and oxygen atoms in total. The summed E-state index contributed by atoms with van der Waals surface area (Å²) in [7, 11) is 0. The van der Waals surface area contributed by atoms with Crippen molar-refractivity contribution in [3.8, 4) is 0 Å². The second kappa shape index (κ2) is 5.11. The number of rotatable bonds is 5. The Bertz CT molecular complexity index is 254. The molecule has 0 aromatic heterocycles.